The van der Waals surface area contributed by atoms with E-state index in [1.54, 1.807) is 0 Å². The van der Waals surface area contributed by atoms with Crippen LogP contribution in [0.2, 0.25) is 0 Å². The van der Waals surface area contributed by atoms with Crippen molar-refractivity contribution in [2.75, 3.05) is 18.6 Å². The fourth-order valence-electron chi connectivity index (χ4n) is 2.59. The minimum atomic E-state index is 0.872. The van der Waals surface area contributed by atoms with E-state index >= 15 is 0 Å². The Bertz CT molecular complexity index is 654. The third kappa shape index (κ3) is 2.37. The van der Waals surface area contributed by atoms with Crippen LogP contribution in [-0.2, 0) is 0 Å². The van der Waals surface area contributed by atoms with E-state index < -0.39 is 0 Å². The summed E-state index contributed by atoms with van der Waals surface area (Å²) in [5, 5.41) is 0. The van der Waals surface area contributed by atoms with Crippen molar-refractivity contribution in [2.24, 2.45) is 0 Å². The molecule has 3 rings (SSSR count). The molecule has 2 nitrogen and oxygen atoms in total. The smallest absolute Gasteiger partial charge is 0.222 e. The first-order chi connectivity index (χ1) is 9.75. The van der Waals surface area contributed by atoms with Gasteiger partial charge in [-0.15, -0.1) is 0 Å². The number of nitrogens with zero attached hydrogens (tertiary/aromatic N) is 2. The first-order valence-corrected chi connectivity index (χ1v) is 6.90. The Kier molecular flexibility index (Phi) is 3.38. The third-order valence-electron chi connectivity index (χ3n) is 3.67. The SMILES string of the molecule is CC1=CC(c2ccccc2)=[N+](C)CN1c1ccccc1. The average Bonchev–Trinajstić information content (AvgIpc) is 2.51. The van der Waals surface area contributed by atoms with E-state index in [0.717, 1.165) is 6.67 Å². The van der Waals surface area contributed by atoms with Gasteiger partial charge in [-0.2, -0.15) is 0 Å². The number of para-hydroxylation sites is 1. The lowest BCUT2D eigenvalue weighted by Crippen LogP contribution is -2.36. The zero-order chi connectivity index (χ0) is 13.9. The molecule has 1 aliphatic heterocycles. The molecule has 0 bridgehead atoms. The van der Waals surface area contributed by atoms with Crippen LogP contribution in [-0.4, -0.2) is 24.0 Å². The van der Waals surface area contributed by atoms with Gasteiger partial charge in [0.15, 0.2) is 0 Å². The zero-order valence-electron chi connectivity index (χ0n) is 12.0. The van der Waals surface area contributed by atoms with E-state index in [2.05, 4.69) is 90.2 Å². The van der Waals surface area contributed by atoms with E-state index in [0.29, 0.717) is 0 Å². The minimum absolute atomic E-state index is 0.872. The summed E-state index contributed by atoms with van der Waals surface area (Å²) in [6.07, 6.45) is 2.26. The van der Waals surface area contributed by atoms with Gasteiger partial charge in [-0.1, -0.05) is 36.4 Å². The van der Waals surface area contributed by atoms with Crippen molar-refractivity contribution in [1.29, 1.82) is 0 Å². The number of rotatable bonds is 2. The second-order valence-electron chi connectivity index (χ2n) is 5.14. The van der Waals surface area contributed by atoms with Gasteiger partial charge < -0.3 is 0 Å². The molecule has 0 amide bonds. The van der Waals surface area contributed by atoms with Crippen molar-refractivity contribution in [3.8, 4) is 0 Å². The summed E-state index contributed by atoms with van der Waals surface area (Å²) >= 11 is 0. The normalized spacial score (nSPS) is 15.3. The Morgan fingerprint density at radius 1 is 0.900 bits per heavy atom. The lowest BCUT2D eigenvalue weighted by atomic mass is 10.1. The summed E-state index contributed by atoms with van der Waals surface area (Å²) in [4.78, 5) is 2.33. The highest BCUT2D eigenvalue weighted by Crippen LogP contribution is 2.21. The maximum absolute atomic E-state index is 2.33. The second kappa shape index (κ2) is 5.33. The fourth-order valence-corrected chi connectivity index (χ4v) is 2.59. The predicted molar refractivity (Wildman–Crippen MR) is 84.3 cm³/mol. The van der Waals surface area contributed by atoms with E-state index in [1.807, 2.05) is 0 Å². The molecule has 100 valence electrons. The highest BCUT2D eigenvalue weighted by Gasteiger charge is 2.22. The molecule has 0 spiro atoms. The number of benzene rings is 2. The number of hydrogen-bond acceptors (Lipinski definition) is 1. The van der Waals surface area contributed by atoms with Crippen molar-refractivity contribution >= 4 is 11.4 Å². The van der Waals surface area contributed by atoms with Crippen LogP contribution in [0.1, 0.15) is 12.5 Å². The van der Waals surface area contributed by atoms with E-state index in [9.17, 15) is 0 Å². The Labute approximate surface area is 120 Å². The highest BCUT2D eigenvalue weighted by atomic mass is 15.3. The van der Waals surface area contributed by atoms with E-state index in [-0.39, 0.29) is 0 Å². The molecular formula is C18H19N2+. The van der Waals surface area contributed by atoms with Crippen molar-refractivity contribution < 1.29 is 4.58 Å². The average molecular weight is 263 g/mol. The van der Waals surface area contributed by atoms with Crippen molar-refractivity contribution in [1.82, 2.24) is 0 Å². The number of hydrogen-bond donors (Lipinski definition) is 0. The van der Waals surface area contributed by atoms with Gasteiger partial charge >= 0.3 is 0 Å². The molecule has 2 heteroatoms. The second-order valence-corrected chi connectivity index (χ2v) is 5.14. The molecule has 0 radical (unpaired) electrons. The topological polar surface area (TPSA) is 6.25 Å². The lowest BCUT2D eigenvalue weighted by molar-refractivity contribution is -0.495. The van der Waals surface area contributed by atoms with Crippen LogP contribution >= 0.6 is 0 Å². The molecule has 2 aromatic rings. The fraction of sp³-hybridized carbons (Fsp3) is 0.167. The van der Waals surface area contributed by atoms with Gasteiger partial charge in [-0.3, -0.25) is 4.90 Å². The van der Waals surface area contributed by atoms with Gasteiger partial charge in [-0.25, -0.2) is 4.58 Å². The minimum Gasteiger partial charge on any atom is -0.290 e. The third-order valence-corrected chi connectivity index (χ3v) is 3.67. The molecule has 20 heavy (non-hydrogen) atoms. The molecule has 2 aromatic carbocycles. The molecule has 0 aromatic heterocycles. The van der Waals surface area contributed by atoms with Crippen LogP contribution in [0.5, 0.6) is 0 Å². The first kappa shape index (κ1) is 12.7. The number of allylic oxidation sites excluding steroid dienone is 2. The van der Waals surface area contributed by atoms with Gasteiger partial charge in [-0.05, 0) is 31.2 Å². The molecule has 0 fully saturated rings. The molecular weight excluding hydrogens is 244 g/mol. The van der Waals surface area contributed by atoms with E-state index in [1.165, 1.54) is 22.7 Å². The van der Waals surface area contributed by atoms with Gasteiger partial charge in [0.25, 0.3) is 0 Å². The molecule has 0 aliphatic carbocycles. The Morgan fingerprint density at radius 2 is 1.50 bits per heavy atom. The summed E-state index contributed by atoms with van der Waals surface area (Å²) in [7, 11) is 2.14. The van der Waals surface area contributed by atoms with Crippen LogP contribution < -0.4 is 4.90 Å². The summed E-state index contributed by atoms with van der Waals surface area (Å²) < 4.78 is 2.29. The molecule has 0 saturated carbocycles. The molecule has 1 aliphatic rings. The van der Waals surface area contributed by atoms with Crippen LogP contribution in [0.4, 0.5) is 5.69 Å². The maximum atomic E-state index is 2.33. The molecule has 0 atom stereocenters. The number of anilines is 1. The van der Waals surface area contributed by atoms with Gasteiger partial charge in [0.05, 0.1) is 0 Å². The summed E-state index contributed by atoms with van der Waals surface area (Å²) in [5.74, 6) is 0. The lowest BCUT2D eigenvalue weighted by Gasteiger charge is -2.26. The molecule has 0 unspecified atom stereocenters. The zero-order valence-corrected chi connectivity index (χ0v) is 12.0. The standard InChI is InChI=1S/C18H19N2/c1-15-13-18(16-9-5-3-6-10-16)19(2)14-20(15)17-11-7-4-8-12-17/h3-13H,14H2,1-2H3/q+1. The molecule has 1 heterocycles. The van der Waals surface area contributed by atoms with E-state index in [4.69, 9.17) is 0 Å². The van der Waals surface area contributed by atoms with Crippen molar-refractivity contribution in [2.45, 2.75) is 6.92 Å². The highest BCUT2D eigenvalue weighted by molar-refractivity contribution is 6.06. The predicted octanol–water partition coefficient (Wildman–Crippen LogP) is 3.50. The van der Waals surface area contributed by atoms with Crippen molar-refractivity contribution in [3.05, 3.63) is 78.0 Å². The maximum Gasteiger partial charge on any atom is 0.222 e. The first-order valence-electron chi connectivity index (χ1n) is 6.90. The van der Waals surface area contributed by atoms with Crippen LogP contribution in [0, 0.1) is 0 Å². The largest absolute Gasteiger partial charge is 0.290 e. The summed E-state index contributed by atoms with van der Waals surface area (Å²) in [5.41, 5.74) is 5.05. The van der Waals surface area contributed by atoms with Gasteiger partial charge in [0.1, 0.15) is 7.05 Å². The quantitative estimate of drug-likeness (QED) is 0.752. The van der Waals surface area contributed by atoms with Crippen LogP contribution in [0.15, 0.2) is 72.4 Å². The summed E-state index contributed by atoms with van der Waals surface area (Å²) in [6, 6.07) is 21.1. The molecule has 0 N–H and O–H groups in total. The van der Waals surface area contributed by atoms with Gasteiger partial charge in [0, 0.05) is 23.0 Å². The Morgan fingerprint density at radius 3 is 2.15 bits per heavy atom. The Hall–Kier alpha value is -2.35. The Balaban J connectivity index is 1.96. The van der Waals surface area contributed by atoms with Crippen molar-refractivity contribution in [3.63, 3.8) is 0 Å². The van der Waals surface area contributed by atoms with Crippen LogP contribution in [0.3, 0.4) is 0 Å². The summed E-state index contributed by atoms with van der Waals surface area (Å²) in [6.45, 7) is 3.04. The van der Waals surface area contributed by atoms with Crippen LogP contribution in [0.25, 0.3) is 0 Å². The van der Waals surface area contributed by atoms with Gasteiger partial charge in [0.2, 0.25) is 12.4 Å². The molecule has 0 saturated heterocycles. The monoisotopic (exact) mass is 263 g/mol.